The molecule has 20 heavy (non-hydrogen) atoms. The Labute approximate surface area is 122 Å². The van der Waals surface area contributed by atoms with E-state index >= 15 is 0 Å². The Bertz CT molecular complexity index is 295. The molecule has 0 radical (unpaired) electrons. The lowest BCUT2D eigenvalue weighted by atomic mass is 10.1. The van der Waals surface area contributed by atoms with Gasteiger partial charge in [-0.3, -0.25) is 4.79 Å². The number of hydrogen-bond acceptors (Lipinski definition) is 2. The molecule has 2 unspecified atom stereocenters. The molecular weight excluding hydrogens is 256 g/mol. The third-order valence-corrected chi connectivity index (χ3v) is 3.52. The van der Waals surface area contributed by atoms with Gasteiger partial charge in [-0.15, -0.1) is 0 Å². The molecule has 2 N–H and O–H groups in total. The van der Waals surface area contributed by atoms with E-state index in [9.17, 15) is 9.59 Å². The van der Waals surface area contributed by atoms with Gasteiger partial charge in [0.1, 0.15) is 0 Å². The van der Waals surface area contributed by atoms with Crippen molar-refractivity contribution in [2.24, 2.45) is 0 Å². The SMILES string of the molecule is CCCCN(C(=O)NC(CCC)CC(=O)O)C(C)CC. The topological polar surface area (TPSA) is 69.6 Å². The van der Waals surface area contributed by atoms with Crippen LogP contribution in [0.25, 0.3) is 0 Å². The predicted molar refractivity (Wildman–Crippen MR) is 80.8 cm³/mol. The third kappa shape index (κ3) is 7.36. The van der Waals surface area contributed by atoms with Crippen LogP contribution in [0.3, 0.4) is 0 Å². The van der Waals surface area contributed by atoms with Crippen LogP contribution in [0, 0.1) is 0 Å². The summed E-state index contributed by atoms with van der Waals surface area (Å²) >= 11 is 0. The molecule has 5 heteroatoms. The van der Waals surface area contributed by atoms with Crippen molar-refractivity contribution in [1.82, 2.24) is 10.2 Å². The molecule has 0 aliphatic rings. The van der Waals surface area contributed by atoms with Crippen LogP contribution in [-0.4, -0.2) is 40.6 Å². The lowest BCUT2D eigenvalue weighted by Crippen LogP contribution is -2.49. The Balaban J connectivity index is 4.63. The van der Waals surface area contributed by atoms with Gasteiger partial charge in [0.05, 0.1) is 6.42 Å². The molecule has 0 aromatic rings. The second kappa shape index (κ2) is 10.5. The number of aliphatic carboxylic acids is 1. The number of carbonyl (C=O) groups is 2. The van der Waals surface area contributed by atoms with Crippen molar-refractivity contribution in [3.63, 3.8) is 0 Å². The first kappa shape index (κ1) is 18.7. The second-order valence-corrected chi connectivity index (χ2v) is 5.34. The normalized spacial score (nSPS) is 13.6. The van der Waals surface area contributed by atoms with Crippen molar-refractivity contribution in [2.45, 2.75) is 78.3 Å². The summed E-state index contributed by atoms with van der Waals surface area (Å²) in [6.45, 7) is 8.89. The van der Waals surface area contributed by atoms with Crippen LogP contribution in [0.5, 0.6) is 0 Å². The molecule has 2 amide bonds. The number of carboxylic acid groups (broad SMARTS) is 1. The largest absolute Gasteiger partial charge is 0.481 e. The smallest absolute Gasteiger partial charge is 0.317 e. The molecule has 118 valence electrons. The summed E-state index contributed by atoms with van der Waals surface area (Å²) in [5, 5.41) is 11.8. The standard InChI is InChI=1S/C15H30N2O3/c1-5-8-10-17(12(4)7-3)15(20)16-13(9-6-2)11-14(18)19/h12-13H,5-11H2,1-4H3,(H,16,20)(H,18,19). The Hall–Kier alpha value is -1.26. The number of urea groups is 1. The maximum Gasteiger partial charge on any atom is 0.317 e. The fourth-order valence-electron chi connectivity index (χ4n) is 2.11. The van der Waals surface area contributed by atoms with Crippen LogP contribution in [0.4, 0.5) is 4.79 Å². The molecule has 0 aliphatic carbocycles. The van der Waals surface area contributed by atoms with Crippen molar-refractivity contribution in [3.05, 3.63) is 0 Å². The average Bonchev–Trinajstić information content (AvgIpc) is 2.38. The minimum Gasteiger partial charge on any atom is -0.481 e. The van der Waals surface area contributed by atoms with E-state index < -0.39 is 5.97 Å². The van der Waals surface area contributed by atoms with Gasteiger partial charge in [0.2, 0.25) is 0 Å². The van der Waals surface area contributed by atoms with Gasteiger partial charge in [0.15, 0.2) is 0 Å². The highest BCUT2D eigenvalue weighted by molar-refractivity contribution is 5.76. The molecule has 0 bridgehead atoms. The number of amides is 2. The summed E-state index contributed by atoms with van der Waals surface area (Å²) in [5.74, 6) is -0.868. The fraction of sp³-hybridized carbons (Fsp3) is 0.867. The number of carbonyl (C=O) groups excluding carboxylic acids is 1. The summed E-state index contributed by atoms with van der Waals surface area (Å²) in [7, 11) is 0. The summed E-state index contributed by atoms with van der Waals surface area (Å²) in [6, 6.07) is -0.237. The molecule has 2 atom stereocenters. The molecule has 0 spiro atoms. The molecule has 0 rings (SSSR count). The van der Waals surface area contributed by atoms with Crippen molar-refractivity contribution in [3.8, 4) is 0 Å². The summed E-state index contributed by atoms with van der Waals surface area (Å²) < 4.78 is 0. The lowest BCUT2D eigenvalue weighted by Gasteiger charge is -2.30. The van der Waals surface area contributed by atoms with Gasteiger partial charge in [0.25, 0.3) is 0 Å². The van der Waals surface area contributed by atoms with E-state index in [2.05, 4.69) is 19.2 Å². The zero-order chi connectivity index (χ0) is 15.5. The van der Waals surface area contributed by atoms with Gasteiger partial charge in [-0.1, -0.05) is 33.6 Å². The van der Waals surface area contributed by atoms with Crippen LogP contribution in [0.15, 0.2) is 0 Å². The molecule has 0 fully saturated rings. The number of carboxylic acids is 1. The van der Waals surface area contributed by atoms with E-state index in [-0.39, 0.29) is 24.5 Å². The van der Waals surface area contributed by atoms with Gasteiger partial charge in [0, 0.05) is 18.6 Å². The molecule has 0 aromatic heterocycles. The van der Waals surface area contributed by atoms with Crippen LogP contribution < -0.4 is 5.32 Å². The van der Waals surface area contributed by atoms with Gasteiger partial charge < -0.3 is 15.3 Å². The monoisotopic (exact) mass is 286 g/mol. The first-order valence-corrected chi connectivity index (χ1v) is 7.75. The Morgan fingerprint density at radius 1 is 1.20 bits per heavy atom. The van der Waals surface area contributed by atoms with E-state index in [0.29, 0.717) is 6.42 Å². The summed E-state index contributed by atoms with van der Waals surface area (Å²) in [4.78, 5) is 25.0. The van der Waals surface area contributed by atoms with E-state index in [1.54, 1.807) is 0 Å². The molecule has 0 aliphatic heterocycles. The molecule has 5 nitrogen and oxygen atoms in total. The quantitative estimate of drug-likeness (QED) is 0.647. The van der Waals surface area contributed by atoms with E-state index in [0.717, 1.165) is 32.2 Å². The zero-order valence-electron chi connectivity index (χ0n) is 13.3. The van der Waals surface area contributed by atoms with E-state index in [1.165, 1.54) is 0 Å². The van der Waals surface area contributed by atoms with Gasteiger partial charge in [-0.25, -0.2) is 4.79 Å². The first-order chi connectivity index (χ1) is 9.46. The minimum atomic E-state index is -0.868. The highest BCUT2D eigenvalue weighted by Crippen LogP contribution is 2.09. The van der Waals surface area contributed by atoms with Crippen LogP contribution in [0.1, 0.15) is 66.2 Å². The second-order valence-electron chi connectivity index (χ2n) is 5.34. The highest BCUT2D eigenvalue weighted by atomic mass is 16.4. The maximum absolute atomic E-state index is 12.3. The van der Waals surface area contributed by atoms with Crippen molar-refractivity contribution < 1.29 is 14.7 Å². The first-order valence-electron chi connectivity index (χ1n) is 7.75. The van der Waals surface area contributed by atoms with Gasteiger partial charge in [-0.05, 0) is 26.2 Å². The number of unbranched alkanes of at least 4 members (excludes halogenated alkanes) is 1. The third-order valence-electron chi connectivity index (χ3n) is 3.52. The number of nitrogens with zero attached hydrogens (tertiary/aromatic N) is 1. The fourth-order valence-corrected chi connectivity index (χ4v) is 2.11. The molecule has 0 heterocycles. The van der Waals surface area contributed by atoms with Gasteiger partial charge >= 0.3 is 12.0 Å². The number of rotatable bonds is 10. The molecule has 0 saturated heterocycles. The van der Waals surface area contributed by atoms with E-state index in [1.807, 2.05) is 18.7 Å². The van der Waals surface area contributed by atoms with Gasteiger partial charge in [-0.2, -0.15) is 0 Å². The lowest BCUT2D eigenvalue weighted by molar-refractivity contribution is -0.137. The zero-order valence-corrected chi connectivity index (χ0v) is 13.3. The summed E-state index contributed by atoms with van der Waals surface area (Å²) in [5.41, 5.74) is 0. The Kier molecular flexibility index (Phi) is 9.86. The number of nitrogens with one attached hydrogen (secondary N) is 1. The van der Waals surface area contributed by atoms with Crippen molar-refractivity contribution in [1.29, 1.82) is 0 Å². The number of hydrogen-bond donors (Lipinski definition) is 2. The Morgan fingerprint density at radius 2 is 1.85 bits per heavy atom. The van der Waals surface area contributed by atoms with Crippen LogP contribution in [-0.2, 0) is 4.79 Å². The maximum atomic E-state index is 12.3. The average molecular weight is 286 g/mol. The minimum absolute atomic E-state index is 0.0122. The highest BCUT2D eigenvalue weighted by Gasteiger charge is 2.22. The molecular formula is C15H30N2O3. The Morgan fingerprint density at radius 3 is 2.30 bits per heavy atom. The van der Waals surface area contributed by atoms with Crippen LogP contribution in [0.2, 0.25) is 0 Å². The van der Waals surface area contributed by atoms with Crippen molar-refractivity contribution >= 4 is 12.0 Å². The molecule has 0 aromatic carbocycles. The van der Waals surface area contributed by atoms with Crippen LogP contribution >= 0.6 is 0 Å². The van der Waals surface area contributed by atoms with Crippen molar-refractivity contribution in [2.75, 3.05) is 6.54 Å². The predicted octanol–water partition coefficient (Wildman–Crippen LogP) is 3.24. The summed E-state index contributed by atoms with van der Waals surface area (Å²) in [6.07, 6.45) is 4.44. The van der Waals surface area contributed by atoms with E-state index in [4.69, 9.17) is 5.11 Å². The molecule has 0 saturated carbocycles.